The minimum Gasteiger partial charge on any atom is -0.361 e. The lowest BCUT2D eigenvalue weighted by molar-refractivity contribution is -0.149. The highest BCUT2D eigenvalue weighted by atomic mass is 16.5. The Morgan fingerprint density at radius 1 is 1.05 bits per heavy atom. The molecule has 2 aliphatic rings. The van der Waals surface area contributed by atoms with Gasteiger partial charge in [0.15, 0.2) is 0 Å². The molecule has 0 spiro atoms. The number of nitrogens with zero attached hydrogens (tertiary/aromatic N) is 3. The molecule has 0 bridgehead atoms. The van der Waals surface area contributed by atoms with Crippen LogP contribution in [0.15, 0.2) is 85.7 Å². The zero-order valence-corrected chi connectivity index (χ0v) is 24.5. The summed E-state index contributed by atoms with van der Waals surface area (Å²) in [4.78, 5) is 48.9. The summed E-state index contributed by atoms with van der Waals surface area (Å²) in [5, 5.41) is 3.23. The van der Waals surface area contributed by atoms with E-state index in [1.54, 1.807) is 24.5 Å². The third kappa shape index (κ3) is 6.14. The molecular formula is C34H38N4O4. The predicted octanol–water partition coefficient (Wildman–Crippen LogP) is 4.50. The summed E-state index contributed by atoms with van der Waals surface area (Å²) in [5.41, 5.74) is 4.56. The summed E-state index contributed by atoms with van der Waals surface area (Å²) in [5.74, 6) is -1.07. The molecular weight excluding hydrogens is 528 g/mol. The maximum atomic E-state index is 14.6. The van der Waals surface area contributed by atoms with Crippen LogP contribution in [0.2, 0.25) is 0 Å². The van der Waals surface area contributed by atoms with Gasteiger partial charge in [-0.15, -0.1) is 0 Å². The van der Waals surface area contributed by atoms with E-state index in [1.165, 1.54) is 27.0 Å². The summed E-state index contributed by atoms with van der Waals surface area (Å²) in [6, 6.07) is 17.5. The lowest BCUT2D eigenvalue weighted by Crippen LogP contribution is -2.57. The zero-order chi connectivity index (χ0) is 29.9. The molecule has 1 aromatic heterocycles. The van der Waals surface area contributed by atoms with Crippen LogP contribution in [-0.2, 0) is 37.4 Å². The fourth-order valence-electron chi connectivity index (χ4n) is 5.78. The number of aromatic nitrogens is 1. The first kappa shape index (κ1) is 29.2. The van der Waals surface area contributed by atoms with Crippen molar-refractivity contribution in [3.63, 3.8) is 0 Å². The van der Waals surface area contributed by atoms with Gasteiger partial charge in [0.2, 0.25) is 11.8 Å². The first-order chi connectivity index (χ1) is 20.2. The van der Waals surface area contributed by atoms with E-state index in [0.29, 0.717) is 24.3 Å². The van der Waals surface area contributed by atoms with Crippen molar-refractivity contribution >= 4 is 23.4 Å². The number of carbonyl (C=O) groups excluding carboxylic acids is 3. The molecule has 2 atom stereocenters. The van der Waals surface area contributed by atoms with Gasteiger partial charge in [0.25, 0.3) is 5.91 Å². The van der Waals surface area contributed by atoms with Crippen molar-refractivity contribution in [3.05, 3.63) is 108 Å². The van der Waals surface area contributed by atoms with E-state index < -0.39 is 18.0 Å². The predicted molar refractivity (Wildman–Crippen MR) is 162 cm³/mol. The summed E-state index contributed by atoms with van der Waals surface area (Å²) in [6.07, 6.45) is 6.18. The van der Waals surface area contributed by atoms with Crippen LogP contribution < -0.4 is 10.2 Å². The van der Waals surface area contributed by atoms with E-state index in [1.807, 2.05) is 36.4 Å². The van der Waals surface area contributed by atoms with Gasteiger partial charge in [-0.3, -0.25) is 24.3 Å². The van der Waals surface area contributed by atoms with Gasteiger partial charge in [0, 0.05) is 36.1 Å². The standard InChI is InChI=1S/C34H38N4O4/c1-5-30(39)37-22-42-18-16-29(37)33(41)38(28-14-12-26(13-15-28)34(2,3)4)31(25-11-8-17-35-21-25)32(40)36-27-19-23-9-6-7-10-24(23)20-27/h5-15,17,21,27,29,31H,1,16,18-20,22H2,2-4H3,(H,36,40). The van der Waals surface area contributed by atoms with E-state index in [2.05, 4.69) is 49.8 Å². The van der Waals surface area contributed by atoms with E-state index in [4.69, 9.17) is 4.74 Å². The number of anilines is 1. The highest BCUT2D eigenvalue weighted by Crippen LogP contribution is 2.33. The van der Waals surface area contributed by atoms with Crippen molar-refractivity contribution in [2.75, 3.05) is 18.2 Å². The first-order valence-corrected chi connectivity index (χ1v) is 14.4. The van der Waals surface area contributed by atoms with Crippen molar-refractivity contribution in [2.45, 2.75) is 63.6 Å². The van der Waals surface area contributed by atoms with Crippen LogP contribution in [0.25, 0.3) is 0 Å². The molecule has 2 aromatic carbocycles. The van der Waals surface area contributed by atoms with Crippen LogP contribution in [0.5, 0.6) is 0 Å². The fraction of sp³-hybridized carbons (Fsp3) is 0.353. The molecule has 5 rings (SSSR count). The summed E-state index contributed by atoms with van der Waals surface area (Å²) >= 11 is 0. The SMILES string of the molecule is C=CC(=O)N1COCCC1C(=O)N(c1ccc(C(C)(C)C)cc1)C(C(=O)NC1Cc2ccccc2C1)c1cccnc1. The van der Waals surface area contributed by atoms with Crippen LogP contribution in [0, 0.1) is 0 Å². The van der Waals surface area contributed by atoms with Crippen LogP contribution in [0.4, 0.5) is 5.69 Å². The van der Waals surface area contributed by atoms with Gasteiger partial charge in [-0.1, -0.05) is 69.8 Å². The van der Waals surface area contributed by atoms with Crippen LogP contribution in [0.1, 0.15) is 55.5 Å². The molecule has 2 heterocycles. The Labute approximate surface area is 247 Å². The molecule has 8 nitrogen and oxygen atoms in total. The Bertz CT molecular complexity index is 1420. The summed E-state index contributed by atoms with van der Waals surface area (Å²) in [6.45, 7) is 10.3. The number of benzene rings is 2. The topological polar surface area (TPSA) is 91.8 Å². The number of carbonyl (C=O) groups is 3. The van der Waals surface area contributed by atoms with E-state index in [-0.39, 0.29) is 30.0 Å². The largest absolute Gasteiger partial charge is 0.361 e. The second-order valence-corrected chi connectivity index (χ2v) is 11.9. The van der Waals surface area contributed by atoms with Gasteiger partial charge >= 0.3 is 0 Å². The monoisotopic (exact) mass is 566 g/mol. The lowest BCUT2D eigenvalue weighted by atomic mass is 9.87. The maximum absolute atomic E-state index is 14.6. The number of rotatable bonds is 7. The molecule has 1 aliphatic heterocycles. The minimum atomic E-state index is -1.01. The number of ether oxygens (including phenoxy) is 1. The average Bonchev–Trinajstić information content (AvgIpc) is 3.41. The summed E-state index contributed by atoms with van der Waals surface area (Å²) < 4.78 is 5.53. The van der Waals surface area contributed by atoms with Gasteiger partial charge in [-0.2, -0.15) is 0 Å². The van der Waals surface area contributed by atoms with E-state index in [0.717, 1.165) is 18.4 Å². The van der Waals surface area contributed by atoms with Crippen molar-refractivity contribution in [3.8, 4) is 0 Å². The molecule has 42 heavy (non-hydrogen) atoms. The maximum Gasteiger partial charge on any atom is 0.250 e. The fourth-order valence-corrected chi connectivity index (χ4v) is 5.78. The third-order valence-corrected chi connectivity index (χ3v) is 8.04. The Morgan fingerprint density at radius 3 is 2.33 bits per heavy atom. The van der Waals surface area contributed by atoms with Crippen molar-refractivity contribution in [1.82, 2.24) is 15.2 Å². The number of amides is 3. The van der Waals surface area contributed by atoms with Gasteiger partial charge < -0.3 is 15.0 Å². The Hall–Kier alpha value is -4.30. The van der Waals surface area contributed by atoms with Gasteiger partial charge in [-0.25, -0.2) is 0 Å². The normalized spacial score (nSPS) is 17.7. The number of fused-ring (bicyclic) bond motifs is 1. The molecule has 218 valence electrons. The molecule has 1 saturated heterocycles. The molecule has 0 saturated carbocycles. The minimum absolute atomic E-state index is 0.0256. The van der Waals surface area contributed by atoms with Crippen molar-refractivity contribution in [2.24, 2.45) is 0 Å². The van der Waals surface area contributed by atoms with Crippen LogP contribution in [0.3, 0.4) is 0 Å². The van der Waals surface area contributed by atoms with Crippen LogP contribution >= 0.6 is 0 Å². The second kappa shape index (κ2) is 12.3. The Morgan fingerprint density at radius 2 is 1.74 bits per heavy atom. The second-order valence-electron chi connectivity index (χ2n) is 11.9. The smallest absolute Gasteiger partial charge is 0.250 e. The molecule has 1 aliphatic carbocycles. The molecule has 0 radical (unpaired) electrons. The zero-order valence-electron chi connectivity index (χ0n) is 24.5. The number of pyridine rings is 1. The number of hydrogen-bond acceptors (Lipinski definition) is 5. The Balaban J connectivity index is 1.56. The van der Waals surface area contributed by atoms with Crippen LogP contribution in [-0.4, -0.2) is 53.0 Å². The average molecular weight is 567 g/mol. The van der Waals surface area contributed by atoms with E-state index >= 15 is 0 Å². The molecule has 8 heteroatoms. The number of nitrogens with one attached hydrogen (secondary N) is 1. The van der Waals surface area contributed by atoms with E-state index in [9.17, 15) is 14.4 Å². The van der Waals surface area contributed by atoms with Crippen molar-refractivity contribution in [1.29, 1.82) is 0 Å². The van der Waals surface area contributed by atoms with Gasteiger partial charge in [-0.05, 0) is 59.2 Å². The molecule has 1 fully saturated rings. The van der Waals surface area contributed by atoms with Gasteiger partial charge in [0.1, 0.15) is 18.8 Å². The number of hydrogen-bond donors (Lipinski definition) is 1. The molecule has 3 aromatic rings. The molecule has 2 unspecified atom stereocenters. The van der Waals surface area contributed by atoms with Gasteiger partial charge in [0.05, 0.1) is 6.61 Å². The lowest BCUT2D eigenvalue weighted by Gasteiger charge is -2.39. The van der Waals surface area contributed by atoms with Crippen molar-refractivity contribution < 1.29 is 19.1 Å². The molecule has 3 amide bonds. The Kier molecular flexibility index (Phi) is 8.54. The molecule has 1 N–H and O–H groups in total. The first-order valence-electron chi connectivity index (χ1n) is 14.4. The quantitative estimate of drug-likeness (QED) is 0.426. The summed E-state index contributed by atoms with van der Waals surface area (Å²) in [7, 11) is 0. The highest BCUT2D eigenvalue weighted by molar-refractivity contribution is 6.05. The third-order valence-electron chi connectivity index (χ3n) is 8.04. The highest BCUT2D eigenvalue weighted by Gasteiger charge is 2.41.